The molecule has 0 saturated heterocycles. The van der Waals surface area contributed by atoms with Gasteiger partial charge in [-0.2, -0.15) is 0 Å². The summed E-state index contributed by atoms with van der Waals surface area (Å²) in [6.45, 7) is 14.1. The van der Waals surface area contributed by atoms with E-state index in [1.165, 1.54) is 25.7 Å². The van der Waals surface area contributed by atoms with Gasteiger partial charge in [-0.05, 0) is 12.8 Å². The summed E-state index contributed by atoms with van der Waals surface area (Å²) in [5.41, 5.74) is 0. The van der Waals surface area contributed by atoms with Gasteiger partial charge in [0, 0.05) is 19.1 Å². The largest absolute Gasteiger partial charge is 0.293 e. The number of nitrogens with zero attached hydrogens (tertiary/aromatic N) is 1. The number of hydrogen-bond acceptors (Lipinski definition) is 1. The van der Waals surface area contributed by atoms with Crippen LogP contribution < -0.4 is 0 Å². The van der Waals surface area contributed by atoms with Crippen LogP contribution in [0.3, 0.4) is 0 Å². The third kappa shape index (κ3) is 5.23. The van der Waals surface area contributed by atoms with Crippen LogP contribution >= 0.6 is 0 Å². The van der Waals surface area contributed by atoms with Crippen molar-refractivity contribution in [1.29, 1.82) is 0 Å². The van der Waals surface area contributed by atoms with Gasteiger partial charge in [-0.1, -0.05) is 38.8 Å². The first-order chi connectivity index (χ1) is 6.79. The van der Waals surface area contributed by atoms with Crippen LogP contribution in [0.1, 0.15) is 39.5 Å². The molecule has 1 nitrogen and oxygen atoms in total. The average molecular weight is 195 g/mol. The molecule has 0 amide bonds. The Kier molecular flexibility index (Phi) is 8.65. The van der Waals surface area contributed by atoms with Crippen LogP contribution in [0.4, 0.5) is 0 Å². The van der Waals surface area contributed by atoms with Crippen LogP contribution in [0.15, 0.2) is 25.3 Å². The van der Waals surface area contributed by atoms with E-state index in [-0.39, 0.29) is 0 Å². The maximum Gasteiger partial charge on any atom is 0.0166 e. The molecular formula is C13H25N. The highest BCUT2D eigenvalue weighted by Gasteiger charge is 2.13. The van der Waals surface area contributed by atoms with E-state index < -0.39 is 0 Å². The molecule has 0 aliphatic carbocycles. The second-order valence-electron chi connectivity index (χ2n) is 3.76. The fourth-order valence-electron chi connectivity index (χ4n) is 1.88. The lowest BCUT2D eigenvalue weighted by Crippen LogP contribution is -2.35. The van der Waals surface area contributed by atoms with Gasteiger partial charge in [-0.15, -0.1) is 13.2 Å². The Bertz CT molecular complexity index is 135. The van der Waals surface area contributed by atoms with Gasteiger partial charge in [-0.3, -0.25) is 4.90 Å². The van der Waals surface area contributed by atoms with E-state index in [1.807, 2.05) is 12.2 Å². The average Bonchev–Trinajstić information content (AvgIpc) is 2.17. The molecule has 0 aromatic carbocycles. The molecule has 0 aromatic heterocycles. The minimum absolute atomic E-state index is 0.709. The molecule has 0 aromatic rings. The first-order valence-corrected chi connectivity index (χ1v) is 5.75. The zero-order valence-electron chi connectivity index (χ0n) is 9.84. The molecule has 1 heteroatoms. The van der Waals surface area contributed by atoms with Gasteiger partial charge < -0.3 is 0 Å². The number of rotatable bonds is 9. The van der Waals surface area contributed by atoms with Crippen molar-refractivity contribution >= 4 is 0 Å². The predicted molar refractivity (Wildman–Crippen MR) is 65.6 cm³/mol. The summed E-state index contributed by atoms with van der Waals surface area (Å²) >= 11 is 0. The van der Waals surface area contributed by atoms with E-state index in [4.69, 9.17) is 0 Å². The van der Waals surface area contributed by atoms with Crippen molar-refractivity contribution in [3.05, 3.63) is 25.3 Å². The molecule has 0 bridgehead atoms. The van der Waals surface area contributed by atoms with Crippen molar-refractivity contribution in [2.45, 2.75) is 45.6 Å². The lowest BCUT2D eigenvalue weighted by atomic mass is 10.0. The second kappa shape index (κ2) is 9.01. The monoisotopic (exact) mass is 195 g/mol. The molecule has 0 aliphatic rings. The maximum absolute atomic E-state index is 3.81. The third-order valence-corrected chi connectivity index (χ3v) is 2.49. The van der Waals surface area contributed by atoms with Crippen molar-refractivity contribution in [3.63, 3.8) is 0 Å². The third-order valence-electron chi connectivity index (χ3n) is 2.49. The smallest absolute Gasteiger partial charge is 0.0166 e. The standard InChI is InChI=1S/C13H25N/c1-5-9-13(10-6-2)14(11-7-3)12-8-4/h7-8,13H,3-6,9-12H2,1-2H3. The zero-order valence-corrected chi connectivity index (χ0v) is 9.84. The topological polar surface area (TPSA) is 3.24 Å². The van der Waals surface area contributed by atoms with E-state index in [0.29, 0.717) is 6.04 Å². The summed E-state index contributed by atoms with van der Waals surface area (Å²) in [6, 6.07) is 0.709. The predicted octanol–water partition coefficient (Wildman–Crippen LogP) is 3.63. The summed E-state index contributed by atoms with van der Waals surface area (Å²) in [5, 5.41) is 0. The Hall–Kier alpha value is -0.560. The van der Waals surface area contributed by atoms with Crippen molar-refractivity contribution in [2.24, 2.45) is 0 Å². The van der Waals surface area contributed by atoms with E-state index in [1.54, 1.807) is 0 Å². The van der Waals surface area contributed by atoms with E-state index >= 15 is 0 Å². The zero-order chi connectivity index (χ0) is 10.8. The van der Waals surface area contributed by atoms with Gasteiger partial charge in [0.15, 0.2) is 0 Å². The minimum atomic E-state index is 0.709. The molecule has 0 atom stereocenters. The SMILES string of the molecule is C=CCN(CC=C)C(CCC)CCC. The highest BCUT2D eigenvalue weighted by Crippen LogP contribution is 2.13. The maximum atomic E-state index is 3.81. The van der Waals surface area contributed by atoms with Crippen molar-refractivity contribution < 1.29 is 0 Å². The molecule has 0 radical (unpaired) electrons. The van der Waals surface area contributed by atoms with Gasteiger partial charge in [0.05, 0.1) is 0 Å². The normalized spacial score (nSPS) is 10.9. The summed E-state index contributed by atoms with van der Waals surface area (Å²) < 4.78 is 0. The Balaban J connectivity index is 4.19. The molecule has 0 spiro atoms. The molecule has 0 heterocycles. The van der Waals surface area contributed by atoms with E-state index in [2.05, 4.69) is 31.9 Å². The van der Waals surface area contributed by atoms with Crippen molar-refractivity contribution in [1.82, 2.24) is 4.90 Å². The molecular weight excluding hydrogens is 170 g/mol. The van der Waals surface area contributed by atoms with Gasteiger partial charge in [0.25, 0.3) is 0 Å². The van der Waals surface area contributed by atoms with Crippen LogP contribution in [0.25, 0.3) is 0 Å². The number of hydrogen-bond donors (Lipinski definition) is 0. The molecule has 0 aliphatic heterocycles. The van der Waals surface area contributed by atoms with Crippen LogP contribution in [0, 0.1) is 0 Å². The van der Waals surface area contributed by atoms with Crippen molar-refractivity contribution in [2.75, 3.05) is 13.1 Å². The lowest BCUT2D eigenvalue weighted by molar-refractivity contribution is 0.214. The quantitative estimate of drug-likeness (QED) is 0.508. The van der Waals surface area contributed by atoms with Crippen LogP contribution in [0.5, 0.6) is 0 Å². The molecule has 0 rings (SSSR count). The van der Waals surface area contributed by atoms with Gasteiger partial charge in [-0.25, -0.2) is 0 Å². The summed E-state index contributed by atoms with van der Waals surface area (Å²) in [5.74, 6) is 0. The molecule has 82 valence electrons. The Morgan fingerprint density at radius 2 is 1.43 bits per heavy atom. The van der Waals surface area contributed by atoms with E-state index in [9.17, 15) is 0 Å². The van der Waals surface area contributed by atoms with Gasteiger partial charge >= 0.3 is 0 Å². The summed E-state index contributed by atoms with van der Waals surface area (Å²) in [6.07, 6.45) is 9.07. The Labute approximate surface area is 89.5 Å². The molecule has 0 N–H and O–H groups in total. The van der Waals surface area contributed by atoms with Gasteiger partial charge in [0.2, 0.25) is 0 Å². The first kappa shape index (κ1) is 13.4. The molecule has 0 unspecified atom stereocenters. The van der Waals surface area contributed by atoms with Crippen LogP contribution in [-0.2, 0) is 0 Å². The van der Waals surface area contributed by atoms with Crippen molar-refractivity contribution in [3.8, 4) is 0 Å². The molecule has 0 fully saturated rings. The molecule has 0 saturated carbocycles. The Morgan fingerprint density at radius 1 is 1.00 bits per heavy atom. The summed E-state index contributed by atoms with van der Waals surface area (Å²) in [7, 11) is 0. The fraction of sp³-hybridized carbons (Fsp3) is 0.692. The van der Waals surface area contributed by atoms with Crippen LogP contribution in [-0.4, -0.2) is 24.0 Å². The van der Waals surface area contributed by atoms with Crippen LogP contribution in [0.2, 0.25) is 0 Å². The second-order valence-corrected chi connectivity index (χ2v) is 3.76. The highest BCUT2D eigenvalue weighted by molar-refractivity contribution is 4.84. The Morgan fingerprint density at radius 3 is 1.71 bits per heavy atom. The fourth-order valence-corrected chi connectivity index (χ4v) is 1.88. The minimum Gasteiger partial charge on any atom is -0.293 e. The first-order valence-electron chi connectivity index (χ1n) is 5.75. The lowest BCUT2D eigenvalue weighted by Gasteiger charge is -2.29. The molecule has 14 heavy (non-hydrogen) atoms. The highest BCUT2D eigenvalue weighted by atomic mass is 15.1. The van der Waals surface area contributed by atoms with E-state index in [0.717, 1.165) is 13.1 Å². The van der Waals surface area contributed by atoms with Gasteiger partial charge in [0.1, 0.15) is 0 Å². The summed E-state index contributed by atoms with van der Waals surface area (Å²) in [4.78, 5) is 2.47.